The summed E-state index contributed by atoms with van der Waals surface area (Å²) in [6, 6.07) is 2.95. The summed E-state index contributed by atoms with van der Waals surface area (Å²) in [6.07, 6.45) is 0.684. The van der Waals surface area contributed by atoms with E-state index in [-0.39, 0.29) is 10.9 Å². The predicted molar refractivity (Wildman–Crippen MR) is 75.8 cm³/mol. The summed E-state index contributed by atoms with van der Waals surface area (Å²) in [6.45, 7) is 0.987. The molecule has 1 fully saturated rings. The van der Waals surface area contributed by atoms with Crippen molar-refractivity contribution in [1.29, 1.82) is 0 Å². The molecule has 1 saturated heterocycles. The Bertz CT molecular complexity index is 533. The van der Waals surface area contributed by atoms with Crippen LogP contribution in [0.4, 0.5) is 5.69 Å². The number of nitrogens with one attached hydrogen (secondary N) is 1. The van der Waals surface area contributed by atoms with Gasteiger partial charge in [-0.05, 0) is 50.4 Å². The van der Waals surface area contributed by atoms with Crippen molar-refractivity contribution in [3.8, 4) is 0 Å². The van der Waals surface area contributed by atoms with Gasteiger partial charge in [0.2, 0.25) is 10.0 Å². The van der Waals surface area contributed by atoms with E-state index in [1.807, 2.05) is 0 Å². The molecule has 1 aliphatic rings. The SMILES string of the molecule is Nc1cc(Br)c(S(=O)(=O)NC2CCOC2)c(Br)c1. The van der Waals surface area contributed by atoms with Gasteiger partial charge in [0.15, 0.2) is 0 Å². The number of nitrogen functional groups attached to an aromatic ring is 1. The average molecular weight is 400 g/mol. The van der Waals surface area contributed by atoms with Gasteiger partial charge in [0.05, 0.1) is 6.61 Å². The van der Waals surface area contributed by atoms with Crippen molar-refractivity contribution in [2.45, 2.75) is 17.4 Å². The van der Waals surface area contributed by atoms with Crippen molar-refractivity contribution in [3.63, 3.8) is 0 Å². The lowest BCUT2D eigenvalue weighted by molar-refractivity contribution is 0.192. The lowest BCUT2D eigenvalue weighted by Gasteiger charge is -2.14. The van der Waals surface area contributed by atoms with E-state index in [9.17, 15) is 8.42 Å². The molecule has 0 aromatic heterocycles. The Kier molecular flexibility index (Phi) is 4.32. The second-order valence-electron chi connectivity index (χ2n) is 4.00. The molecule has 18 heavy (non-hydrogen) atoms. The molecule has 1 aromatic rings. The molecule has 3 N–H and O–H groups in total. The maximum absolute atomic E-state index is 12.3. The van der Waals surface area contributed by atoms with Gasteiger partial charge in [-0.2, -0.15) is 0 Å². The van der Waals surface area contributed by atoms with Crippen LogP contribution in [-0.2, 0) is 14.8 Å². The van der Waals surface area contributed by atoms with Gasteiger partial charge in [0.25, 0.3) is 0 Å². The quantitative estimate of drug-likeness (QED) is 0.760. The maximum Gasteiger partial charge on any atom is 0.243 e. The van der Waals surface area contributed by atoms with Crippen LogP contribution < -0.4 is 10.5 Å². The zero-order chi connectivity index (χ0) is 13.3. The number of nitrogens with two attached hydrogens (primary N) is 1. The number of ether oxygens (including phenoxy) is 1. The Labute approximate surface area is 122 Å². The first-order chi connectivity index (χ1) is 8.40. The van der Waals surface area contributed by atoms with E-state index in [1.165, 1.54) is 0 Å². The molecule has 2 rings (SSSR count). The van der Waals surface area contributed by atoms with E-state index in [4.69, 9.17) is 10.5 Å². The first-order valence-corrected chi connectivity index (χ1v) is 8.31. The molecule has 0 amide bonds. The summed E-state index contributed by atoms with van der Waals surface area (Å²) in [7, 11) is -3.60. The van der Waals surface area contributed by atoms with Crippen LogP contribution in [0.1, 0.15) is 6.42 Å². The van der Waals surface area contributed by atoms with Gasteiger partial charge >= 0.3 is 0 Å². The molecule has 1 atom stereocenters. The summed E-state index contributed by atoms with van der Waals surface area (Å²) >= 11 is 6.45. The summed E-state index contributed by atoms with van der Waals surface area (Å²) < 4.78 is 33.2. The van der Waals surface area contributed by atoms with E-state index >= 15 is 0 Å². The highest BCUT2D eigenvalue weighted by atomic mass is 79.9. The van der Waals surface area contributed by atoms with Crippen LogP contribution in [0.3, 0.4) is 0 Å². The van der Waals surface area contributed by atoms with Crippen LogP contribution in [0.5, 0.6) is 0 Å². The minimum absolute atomic E-state index is 0.156. The molecule has 0 bridgehead atoms. The van der Waals surface area contributed by atoms with Crippen LogP contribution in [0.15, 0.2) is 26.0 Å². The van der Waals surface area contributed by atoms with E-state index in [1.54, 1.807) is 12.1 Å². The number of halogens is 2. The molecule has 5 nitrogen and oxygen atoms in total. The minimum Gasteiger partial charge on any atom is -0.399 e. The van der Waals surface area contributed by atoms with E-state index in [0.717, 1.165) is 0 Å². The standard InChI is InChI=1S/C10H12Br2N2O3S/c11-8-3-6(13)4-9(12)10(8)18(15,16)14-7-1-2-17-5-7/h3-4,7,14H,1-2,5,13H2. The van der Waals surface area contributed by atoms with E-state index < -0.39 is 10.0 Å². The Morgan fingerprint density at radius 1 is 1.33 bits per heavy atom. The van der Waals surface area contributed by atoms with Crippen LogP contribution in [0.2, 0.25) is 0 Å². The first kappa shape index (κ1) is 14.3. The van der Waals surface area contributed by atoms with Crippen LogP contribution in [-0.4, -0.2) is 27.7 Å². The molecule has 0 saturated carbocycles. The minimum atomic E-state index is -3.60. The van der Waals surface area contributed by atoms with Crippen molar-refractivity contribution < 1.29 is 13.2 Å². The lowest BCUT2D eigenvalue weighted by Crippen LogP contribution is -2.35. The topological polar surface area (TPSA) is 81.4 Å². The van der Waals surface area contributed by atoms with Gasteiger partial charge in [-0.25, -0.2) is 13.1 Å². The molecule has 0 radical (unpaired) electrons. The van der Waals surface area contributed by atoms with Gasteiger partial charge in [0.1, 0.15) is 4.90 Å². The summed E-state index contributed by atoms with van der Waals surface area (Å²) in [4.78, 5) is 0.156. The molecule has 8 heteroatoms. The maximum atomic E-state index is 12.3. The number of hydrogen-bond acceptors (Lipinski definition) is 4. The van der Waals surface area contributed by atoms with Crippen molar-refractivity contribution >= 4 is 47.6 Å². The number of sulfonamides is 1. The van der Waals surface area contributed by atoms with Crippen LogP contribution in [0.25, 0.3) is 0 Å². The van der Waals surface area contributed by atoms with Crippen molar-refractivity contribution in [2.24, 2.45) is 0 Å². The third-order valence-corrected chi connectivity index (χ3v) is 5.94. The highest BCUT2D eigenvalue weighted by Crippen LogP contribution is 2.32. The van der Waals surface area contributed by atoms with Crippen LogP contribution in [0, 0.1) is 0 Å². The summed E-state index contributed by atoms with van der Waals surface area (Å²) in [5.74, 6) is 0. The number of hydrogen-bond donors (Lipinski definition) is 2. The molecule has 100 valence electrons. The van der Waals surface area contributed by atoms with Crippen LogP contribution >= 0.6 is 31.9 Å². The Morgan fingerprint density at radius 3 is 2.44 bits per heavy atom. The first-order valence-electron chi connectivity index (χ1n) is 5.25. The van der Waals surface area contributed by atoms with Gasteiger partial charge in [0, 0.05) is 27.3 Å². The van der Waals surface area contributed by atoms with Crippen molar-refractivity contribution in [2.75, 3.05) is 18.9 Å². The monoisotopic (exact) mass is 398 g/mol. The molecular weight excluding hydrogens is 388 g/mol. The molecule has 0 aliphatic carbocycles. The molecule has 0 spiro atoms. The highest BCUT2D eigenvalue weighted by molar-refractivity contribution is 9.11. The van der Waals surface area contributed by atoms with Gasteiger partial charge in [-0.15, -0.1) is 0 Å². The smallest absolute Gasteiger partial charge is 0.243 e. The van der Waals surface area contributed by atoms with Crippen molar-refractivity contribution in [3.05, 3.63) is 21.1 Å². The Balaban J connectivity index is 2.34. The van der Waals surface area contributed by atoms with Gasteiger partial charge < -0.3 is 10.5 Å². The second-order valence-corrected chi connectivity index (χ2v) is 7.35. The fraction of sp³-hybridized carbons (Fsp3) is 0.400. The van der Waals surface area contributed by atoms with Gasteiger partial charge in [-0.1, -0.05) is 0 Å². The molecule has 1 aromatic carbocycles. The summed E-state index contributed by atoms with van der Waals surface area (Å²) in [5, 5.41) is 0. The summed E-state index contributed by atoms with van der Waals surface area (Å²) in [5.41, 5.74) is 6.12. The normalized spacial score (nSPS) is 20.2. The molecule has 1 heterocycles. The third kappa shape index (κ3) is 3.05. The number of rotatable bonds is 3. The fourth-order valence-corrected chi connectivity index (χ4v) is 5.62. The zero-order valence-corrected chi connectivity index (χ0v) is 13.3. The van der Waals surface area contributed by atoms with Gasteiger partial charge in [-0.3, -0.25) is 0 Å². The van der Waals surface area contributed by atoms with E-state index in [0.29, 0.717) is 34.3 Å². The average Bonchev–Trinajstić information content (AvgIpc) is 2.66. The fourth-order valence-electron chi connectivity index (χ4n) is 1.74. The number of anilines is 1. The highest BCUT2D eigenvalue weighted by Gasteiger charge is 2.27. The lowest BCUT2D eigenvalue weighted by atomic mass is 10.3. The molecule has 1 unspecified atom stereocenters. The van der Waals surface area contributed by atoms with E-state index in [2.05, 4.69) is 36.6 Å². The molecule has 1 aliphatic heterocycles. The second kappa shape index (κ2) is 5.46. The Hall–Kier alpha value is -0.150. The molecular formula is C10H12Br2N2O3S. The third-order valence-electron chi connectivity index (χ3n) is 2.54. The Morgan fingerprint density at radius 2 is 1.94 bits per heavy atom. The number of benzene rings is 1. The van der Waals surface area contributed by atoms with Crippen molar-refractivity contribution in [1.82, 2.24) is 4.72 Å². The zero-order valence-electron chi connectivity index (χ0n) is 9.32. The largest absolute Gasteiger partial charge is 0.399 e. The predicted octanol–water partition coefficient (Wildman–Crippen LogP) is 1.86.